The first-order chi connectivity index (χ1) is 42.0. The van der Waals surface area contributed by atoms with Crippen LogP contribution in [-0.4, -0.2) is 190 Å². The maximum atomic E-state index is 14.7. The van der Waals surface area contributed by atoms with Crippen molar-refractivity contribution in [3.63, 3.8) is 0 Å². The minimum atomic E-state index is -2.48. The zero-order chi connectivity index (χ0) is 63.8. The van der Waals surface area contributed by atoms with Crippen LogP contribution < -0.4 is 20.9 Å². The lowest BCUT2D eigenvalue weighted by Gasteiger charge is -2.42. The summed E-state index contributed by atoms with van der Waals surface area (Å²) in [4.78, 5) is 94.1. The van der Waals surface area contributed by atoms with Gasteiger partial charge in [-0.3, -0.25) is 14.4 Å². The van der Waals surface area contributed by atoms with Crippen molar-refractivity contribution in [2.45, 2.75) is 199 Å². The van der Waals surface area contributed by atoms with Crippen molar-refractivity contribution in [3.8, 4) is 0 Å². The Hall–Kier alpha value is -6.05. The average molecular weight is 1230 g/mol. The van der Waals surface area contributed by atoms with Crippen LogP contribution >= 0.6 is 0 Å². The van der Waals surface area contributed by atoms with Crippen molar-refractivity contribution < 1.29 is 67.7 Å². The molecule has 1 saturated carbocycles. The molecule has 88 heavy (non-hydrogen) atoms. The number of nitrogens with one attached hydrogen (secondary N) is 1. The number of ether oxygens (including phenoxy) is 6. The molecule has 2 amide bonds. The van der Waals surface area contributed by atoms with Gasteiger partial charge < -0.3 is 69.5 Å². The van der Waals surface area contributed by atoms with Crippen LogP contribution in [0.15, 0.2) is 72.4 Å². The number of cyclic esters (lactones) is 1. The molecular weight excluding hydrogens is 1130 g/mol. The number of hydrogen-bond donors (Lipinski definition) is 5. The molecular formula is C65H97N9O14. The van der Waals surface area contributed by atoms with E-state index in [-0.39, 0.29) is 50.0 Å². The molecule has 3 saturated heterocycles. The number of Topliss-reactive ketones (excluding diaryl/α,β-unsaturated/α-hetero) is 2. The molecule has 16 atom stereocenters. The quantitative estimate of drug-likeness (QED) is 0.101. The summed E-state index contributed by atoms with van der Waals surface area (Å²) in [5.74, 6) is -6.52. The second-order valence-corrected chi connectivity index (χ2v) is 25.1. The number of esters is 1. The zero-order valence-electron chi connectivity index (χ0n) is 53.2. The van der Waals surface area contributed by atoms with Gasteiger partial charge in [-0.05, 0) is 114 Å². The fourth-order valence-electron chi connectivity index (χ4n) is 12.8. The summed E-state index contributed by atoms with van der Waals surface area (Å²) in [7, 11) is 4.49. The fourth-order valence-corrected chi connectivity index (χ4v) is 12.8. The second-order valence-electron chi connectivity index (χ2n) is 25.1. The Morgan fingerprint density at radius 1 is 0.773 bits per heavy atom. The first-order valence-electron chi connectivity index (χ1n) is 31.5. The number of rotatable bonds is 11. The van der Waals surface area contributed by atoms with E-state index in [1.807, 2.05) is 70.5 Å². The number of carbonyl (C=O) groups is 5. The number of piperidine rings is 1. The number of piperazine rings is 1. The molecule has 7 rings (SSSR count). The molecule has 0 spiro atoms. The van der Waals surface area contributed by atoms with Crippen molar-refractivity contribution >= 4 is 41.4 Å². The van der Waals surface area contributed by atoms with Gasteiger partial charge in [0.15, 0.2) is 5.78 Å². The predicted molar refractivity (Wildman–Crippen MR) is 329 cm³/mol. The lowest BCUT2D eigenvalue weighted by atomic mass is 9.80. The number of anilines is 2. The molecule has 6 N–H and O–H groups in total. The number of hydrogen-bond acceptors (Lipinski definition) is 21. The van der Waals surface area contributed by atoms with E-state index < -0.39 is 108 Å². The van der Waals surface area contributed by atoms with Gasteiger partial charge in [0.05, 0.1) is 24.4 Å². The van der Waals surface area contributed by atoms with Gasteiger partial charge in [-0.15, -0.1) is 0 Å². The molecule has 0 aromatic carbocycles. The summed E-state index contributed by atoms with van der Waals surface area (Å²) in [6.07, 6.45) is 14.9. The van der Waals surface area contributed by atoms with Crippen LogP contribution in [0.5, 0.6) is 0 Å². The van der Waals surface area contributed by atoms with Gasteiger partial charge in [0, 0.05) is 128 Å². The number of methoxy groups -OCH3 is 3. The van der Waals surface area contributed by atoms with Crippen molar-refractivity contribution in [3.05, 3.63) is 83.5 Å². The molecule has 486 valence electrons. The highest BCUT2D eigenvalue weighted by Gasteiger charge is 2.53. The smallest absolute Gasteiger partial charge is 0.407 e. The molecule has 5 aliphatic rings. The van der Waals surface area contributed by atoms with Crippen molar-refractivity contribution in [2.75, 3.05) is 63.9 Å². The number of alkyl carbamates (subject to hydrolysis) is 1. The standard InChI is InChI=1S/C65H97N9O14/c1-39-16-12-11-13-17-41(3)53(83-8)32-48-21-19-45(7)65(82,88-48)59(78)60(79)74-23-15-14-18-50(74)61(80)86-54(33-51(75)42(4)29-44(6)57(77)58(85-10)56(76)43(5)28-39)49(66)30-46-20-22-52(55(31-46)84-9)87-64(81)71-38-47-36-69-63(70-37-47)73-26-24-72(25-27-73)62-67-34-40(2)35-68-62/h11-13,16-17,29,34-37,39,42-43,45-46,48-55,57-58,75,77,82H,14-15,18-28,30-33,38,66H2,1-10H3,(H,71,81)/b13-11+,16-12+,41-17+,44-29+/t39-,42-,43-,45-,46+,48+,49-,50+,51-,52-,53+,54+,55-,57-,58+,65-/m1/s1. The number of nitrogens with zero attached hydrogens (tertiary/aromatic N) is 7. The fraction of sp³-hybridized carbons (Fsp3) is 0.677. The van der Waals surface area contributed by atoms with Crippen LogP contribution in [0.1, 0.15) is 130 Å². The van der Waals surface area contributed by atoms with Gasteiger partial charge in [-0.2, -0.15) is 0 Å². The molecule has 0 radical (unpaired) electrons. The van der Waals surface area contributed by atoms with E-state index in [1.54, 1.807) is 53.5 Å². The second kappa shape index (κ2) is 32.6. The maximum Gasteiger partial charge on any atom is 0.407 e. The number of carbonyl (C=O) groups excluding carboxylic acids is 5. The molecule has 23 nitrogen and oxygen atoms in total. The molecule has 0 unspecified atom stereocenters. The summed E-state index contributed by atoms with van der Waals surface area (Å²) >= 11 is 0. The third kappa shape index (κ3) is 18.3. The van der Waals surface area contributed by atoms with Crippen molar-refractivity contribution in [1.82, 2.24) is 30.2 Å². The highest BCUT2D eigenvalue weighted by Crippen LogP contribution is 2.38. The van der Waals surface area contributed by atoms with Crippen LogP contribution in [0, 0.1) is 36.5 Å². The number of aromatic nitrogens is 4. The number of allylic oxidation sites excluding steroid dienone is 5. The lowest BCUT2D eigenvalue weighted by Crippen LogP contribution is -2.61. The number of ketones is 2. The molecule has 4 aliphatic heterocycles. The number of aliphatic hydroxyl groups is 3. The summed E-state index contributed by atoms with van der Waals surface area (Å²) < 4.78 is 35.9. The average Bonchev–Trinajstić information content (AvgIpc) is 3.70. The molecule has 2 bridgehead atoms. The van der Waals surface area contributed by atoms with Crippen LogP contribution in [0.4, 0.5) is 16.7 Å². The van der Waals surface area contributed by atoms with Gasteiger partial charge in [0.1, 0.15) is 30.5 Å². The van der Waals surface area contributed by atoms with E-state index in [0.717, 1.165) is 29.1 Å². The van der Waals surface area contributed by atoms with Crippen LogP contribution in [0.25, 0.3) is 0 Å². The van der Waals surface area contributed by atoms with Crippen LogP contribution in [0.2, 0.25) is 0 Å². The molecule has 4 fully saturated rings. The van der Waals surface area contributed by atoms with E-state index in [2.05, 4.69) is 35.1 Å². The SMILES string of the molecule is CO[C@H]1C[C@@H]2CC[C@@H](C)[C@@](O)(O2)C(=O)C(=O)N2CCCC[C@H]2C(=O)O[C@H]([C@H](N)C[C@@H]2CC[C@@H](OC(=O)NCc3cnc(N4CCN(c5ncc(C)cn5)CC4)nc3)[C@H](OC)C2)C[C@@H](O)[C@H](C)/C=C(\C)[C@@H](O)[C@@H](OC)C(=O)[C@H](C)C[C@H](C)/C=C/C=C/C=C/1C. The highest BCUT2D eigenvalue weighted by molar-refractivity contribution is 6.39. The van der Waals surface area contributed by atoms with E-state index in [1.165, 1.54) is 7.11 Å². The summed E-state index contributed by atoms with van der Waals surface area (Å²) in [6, 6.07) is -2.09. The van der Waals surface area contributed by atoms with E-state index in [9.17, 15) is 39.3 Å². The maximum absolute atomic E-state index is 14.7. The molecule has 6 heterocycles. The summed E-state index contributed by atoms with van der Waals surface area (Å²) in [6.45, 7) is 15.7. The van der Waals surface area contributed by atoms with Crippen LogP contribution in [0.3, 0.4) is 0 Å². The highest BCUT2D eigenvalue weighted by atomic mass is 16.6. The van der Waals surface area contributed by atoms with Crippen molar-refractivity contribution in [2.24, 2.45) is 35.3 Å². The number of aliphatic hydroxyl groups excluding tert-OH is 2. The topological polar surface area (TPSA) is 301 Å². The van der Waals surface area contributed by atoms with Gasteiger partial charge in [-0.25, -0.2) is 29.5 Å². The Kier molecular flexibility index (Phi) is 25.7. The number of fused-ring (bicyclic) bond motifs is 3. The van der Waals surface area contributed by atoms with E-state index in [0.29, 0.717) is 93.9 Å². The normalized spacial score (nSPS) is 34.7. The summed E-state index contributed by atoms with van der Waals surface area (Å²) in [5, 5.41) is 38.5. The Balaban J connectivity index is 1.04. The molecule has 2 aromatic heterocycles. The number of nitrogens with two attached hydrogens (primary N) is 1. The lowest BCUT2D eigenvalue weighted by molar-refractivity contribution is -0.265. The first-order valence-corrected chi connectivity index (χ1v) is 31.5. The third-order valence-electron chi connectivity index (χ3n) is 18.4. The Morgan fingerprint density at radius 3 is 2.09 bits per heavy atom. The molecule has 23 heteroatoms. The Labute approximate surface area is 518 Å². The first kappa shape index (κ1) is 69.4. The minimum Gasteiger partial charge on any atom is -0.459 e. The number of aryl methyl sites for hydroxylation is 1. The van der Waals surface area contributed by atoms with Gasteiger partial charge >= 0.3 is 12.1 Å². The number of amides is 2. The largest absolute Gasteiger partial charge is 0.459 e. The molecule has 1 aliphatic carbocycles. The van der Waals surface area contributed by atoms with Crippen molar-refractivity contribution in [1.29, 1.82) is 0 Å². The summed E-state index contributed by atoms with van der Waals surface area (Å²) in [5.41, 5.74) is 10.0. The minimum absolute atomic E-state index is 0.00595. The van der Waals surface area contributed by atoms with Gasteiger partial charge in [0.25, 0.3) is 11.7 Å². The Morgan fingerprint density at radius 2 is 1.44 bits per heavy atom. The third-order valence-corrected chi connectivity index (χ3v) is 18.4. The van der Waals surface area contributed by atoms with Gasteiger partial charge in [-0.1, -0.05) is 64.2 Å². The predicted octanol–water partition coefficient (Wildman–Crippen LogP) is 5.81. The molecule has 2 aromatic rings. The monoisotopic (exact) mass is 1230 g/mol. The van der Waals surface area contributed by atoms with Gasteiger partial charge in [0.2, 0.25) is 17.7 Å². The zero-order valence-corrected chi connectivity index (χ0v) is 53.2. The van der Waals surface area contributed by atoms with Crippen LogP contribution in [-0.2, 0) is 54.1 Å². The Bertz CT molecular complexity index is 2760. The van der Waals surface area contributed by atoms with E-state index in [4.69, 9.17) is 34.2 Å². The van der Waals surface area contributed by atoms with E-state index >= 15 is 0 Å².